The summed E-state index contributed by atoms with van der Waals surface area (Å²) < 4.78 is 38.9. The van der Waals surface area contributed by atoms with Crippen LogP contribution in [0.25, 0.3) is 0 Å². The Bertz CT molecular complexity index is 785. The molecular weight excluding hydrogens is 311 g/mol. The quantitative estimate of drug-likeness (QED) is 0.871. The summed E-state index contributed by atoms with van der Waals surface area (Å²) in [4.78, 5) is 0.905. The molecule has 7 heteroatoms. The monoisotopic (exact) mass is 324 g/mol. The summed E-state index contributed by atoms with van der Waals surface area (Å²) in [5, 5.41) is 6.11. The zero-order chi connectivity index (χ0) is 15.0. The molecule has 4 nitrogen and oxygen atoms in total. The second kappa shape index (κ2) is 5.23. The van der Waals surface area contributed by atoms with Crippen LogP contribution in [0.4, 0.5) is 4.39 Å². The van der Waals surface area contributed by atoms with Crippen molar-refractivity contribution < 1.29 is 12.8 Å². The standard InChI is InChI=1S/C14H13FN2O2S2/c1-21(18,19)17-13(10-5-2-3-6-11(10)15)9-12(16-17)14-7-4-8-20-14/h2-8,13H,9H2,1H3/t13-/m1/s1. The van der Waals surface area contributed by atoms with E-state index in [9.17, 15) is 12.8 Å². The molecule has 1 aliphatic heterocycles. The van der Waals surface area contributed by atoms with Crippen molar-refractivity contribution in [3.05, 3.63) is 58.0 Å². The summed E-state index contributed by atoms with van der Waals surface area (Å²) >= 11 is 1.49. The van der Waals surface area contributed by atoms with Gasteiger partial charge in [-0.25, -0.2) is 12.8 Å². The van der Waals surface area contributed by atoms with Crippen LogP contribution in [0.3, 0.4) is 0 Å². The lowest BCUT2D eigenvalue weighted by Crippen LogP contribution is -2.26. The number of hydrogen-bond donors (Lipinski definition) is 0. The first-order valence-electron chi connectivity index (χ1n) is 6.32. The van der Waals surface area contributed by atoms with E-state index in [4.69, 9.17) is 0 Å². The van der Waals surface area contributed by atoms with Gasteiger partial charge in [0.15, 0.2) is 0 Å². The van der Waals surface area contributed by atoms with Crippen LogP contribution in [-0.4, -0.2) is 24.8 Å². The normalized spacial score (nSPS) is 18.9. The van der Waals surface area contributed by atoms with E-state index in [1.54, 1.807) is 18.2 Å². The summed E-state index contributed by atoms with van der Waals surface area (Å²) in [5.41, 5.74) is 1.02. The maximum absolute atomic E-state index is 14.0. The summed E-state index contributed by atoms with van der Waals surface area (Å²) in [5.74, 6) is -0.418. The van der Waals surface area contributed by atoms with Gasteiger partial charge in [0.1, 0.15) is 5.82 Å². The van der Waals surface area contributed by atoms with E-state index in [0.29, 0.717) is 17.7 Å². The largest absolute Gasteiger partial charge is 0.247 e. The molecule has 0 fully saturated rings. The van der Waals surface area contributed by atoms with Crippen LogP contribution in [-0.2, 0) is 10.0 Å². The summed E-state index contributed by atoms with van der Waals surface area (Å²) in [7, 11) is -3.56. The van der Waals surface area contributed by atoms with Gasteiger partial charge in [-0.1, -0.05) is 24.3 Å². The van der Waals surface area contributed by atoms with E-state index >= 15 is 0 Å². The Kier molecular flexibility index (Phi) is 3.54. The van der Waals surface area contributed by atoms with Gasteiger partial charge in [-0.05, 0) is 17.5 Å². The highest BCUT2D eigenvalue weighted by Gasteiger charge is 2.36. The Balaban J connectivity index is 2.04. The molecule has 0 unspecified atom stereocenters. The zero-order valence-electron chi connectivity index (χ0n) is 11.2. The minimum Gasteiger partial charge on any atom is -0.207 e. The molecule has 3 rings (SSSR count). The maximum atomic E-state index is 14.0. The Morgan fingerprint density at radius 2 is 2.05 bits per heavy atom. The van der Waals surface area contributed by atoms with E-state index in [2.05, 4.69) is 5.10 Å². The number of nitrogens with zero attached hydrogens (tertiary/aromatic N) is 2. The van der Waals surface area contributed by atoms with Crippen molar-refractivity contribution in [2.45, 2.75) is 12.5 Å². The molecule has 0 saturated heterocycles. The van der Waals surface area contributed by atoms with Gasteiger partial charge in [0.25, 0.3) is 0 Å². The van der Waals surface area contributed by atoms with Crippen LogP contribution in [0.15, 0.2) is 46.9 Å². The SMILES string of the molecule is CS(=O)(=O)N1N=C(c2cccs2)C[C@@H]1c1ccccc1F. The van der Waals surface area contributed by atoms with Crippen molar-refractivity contribution in [2.24, 2.45) is 5.10 Å². The van der Waals surface area contributed by atoms with Crippen LogP contribution in [0.1, 0.15) is 22.9 Å². The van der Waals surface area contributed by atoms with Gasteiger partial charge >= 0.3 is 0 Å². The highest BCUT2D eigenvalue weighted by Crippen LogP contribution is 2.36. The molecule has 0 radical (unpaired) electrons. The van der Waals surface area contributed by atoms with Crippen molar-refractivity contribution in [3.8, 4) is 0 Å². The summed E-state index contributed by atoms with van der Waals surface area (Å²) in [6.45, 7) is 0. The highest BCUT2D eigenvalue weighted by atomic mass is 32.2. The first-order valence-corrected chi connectivity index (χ1v) is 9.05. The lowest BCUT2D eigenvalue weighted by atomic mass is 10.0. The zero-order valence-corrected chi connectivity index (χ0v) is 12.9. The molecule has 0 bridgehead atoms. The molecule has 0 N–H and O–H groups in total. The molecule has 110 valence electrons. The van der Waals surface area contributed by atoms with Crippen molar-refractivity contribution >= 4 is 27.1 Å². The van der Waals surface area contributed by atoms with Gasteiger partial charge < -0.3 is 0 Å². The predicted octanol–water partition coefficient (Wildman–Crippen LogP) is 3.00. The molecule has 1 atom stereocenters. The minimum atomic E-state index is -3.56. The van der Waals surface area contributed by atoms with E-state index in [1.165, 1.54) is 17.4 Å². The first kappa shape index (κ1) is 14.2. The van der Waals surface area contributed by atoms with Gasteiger partial charge in [-0.2, -0.15) is 9.52 Å². The van der Waals surface area contributed by atoms with Crippen LogP contribution in [0.2, 0.25) is 0 Å². The van der Waals surface area contributed by atoms with Gasteiger partial charge in [0, 0.05) is 12.0 Å². The lowest BCUT2D eigenvalue weighted by Gasteiger charge is -2.21. The minimum absolute atomic E-state index is 0.346. The van der Waals surface area contributed by atoms with Gasteiger partial charge in [-0.3, -0.25) is 0 Å². The number of halogens is 1. The second-order valence-electron chi connectivity index (χ2n) is 4.80. The maximum Gasteiger partial charge on any atom is 0.247 e. The topological polar surface area (TPSA) is 49.7 Å². The van der Waals surface area contributed by atoms with E-state index < -0.39 is 21.9 Å². The molecule has 0 amide bonds. The fourth-order valence-corrected chi connectivity index (χ4v) is 3.98. The third-order valence-electron chi connectivity index (χ3n) is 3.28. The molecule has 2 heterocycles. The molecule has 1 aromatic heterocycles. The fraction of sp³-hybridized carbons (Fsp3) is 0.214. The Hall–Kier alpha value is -1.73. The Labute approximate surface area is 126 Å². The first-order chi connectivity index (χ1) is 9.97. The number of sulfonamides is 1. The Morgan fingerprint density at radius 3 is 2.67 bits per heavy atom. The number of rotatable bonds is 3. The van der Waals surface area contributed by atoms with Crippen LogP contribution < -0.4 is 0 Å². The molecular formula is C14H13FN2O2S2. The van der Waals surface area contributed by atoms with Crippen LogP contribution >= 0.6 is 11.3 Å². The van der Waals surface area contributed by atoms with E-state index in [0.717, 1.165) is 15.5 Å². The van der Waals surface area contributed by atoms with Crippen molar-refractivity contribution in [3.63, 3.8) is 0 Å². The smallest absolute Gasteiger partial charge is 0.207 e. The molecule has 0 aliphatic carbocycles. The Morgan fingerprint density at radius 1 is 1.29 bits per heavy atom. The predicted molar refractivity (Wildman–Crippen MR) is 81.3 cm³/mol. The summed E-state index contributed by atoms with van der Waals surface area (Å²) in [6.07, 6.45) is 1.45. The average Bonchev–Trinajstić information content (AvgIpc) is 3.07. The van der Waals surface area contributed by atoms with Crippen molar-refractivity contribution in [1.82, 2.24) is 4.41 Å². The molecule has 1 aliphatic rings. The molecule has 0 spiro atoms. The summed E-state index contributed by atoms with van der Waals surface area (Å²) in [6, 6.07) is 9.35. The van der Waals surface area contributed by atoms with Crippen molar-refractivity contribution in [2.75, 3.05) is 6.26 Å². The van der Waals surface area contributed by atoms with E-state index in [1.807, 2.05) is 17.5 Å². The van der Waals surface area contributed by atoms with E-state index in [-0.39, 0.29) is 0 Å². The lowest BCUT2D eigenvalue weighted by molar-refractivity contribution is 0.365. The highest BCUT2D eigenvalue weighted by molar-refractivity contribution is 7.88. The van der Waals surface area contributed by atoms with Gasteiger partial charge in [-0.15, -0.1) is 11.3 Å². The molecule has 2 aromatic rings. The second-order valence-corrected chi connectivity index (χ2v) is 7.59. The van der Waals surface area contributed by atoms with Crippen LogP contribution in [0.5, 0.6) is 0 Å². The van der Waals surface area contributed by atoms with Gasteiger partial charge in [0.05, 0.1) is 22.9 Å². The van der Waals surface area contributed by atoms with Crippen molar-refractivity contribution in [1.29, 1.82) is 0 Å². The third kappa shape index (κ3) is 2.71. The number of thiophene rings is 1. The number of hydrogen-bond acceptors (Lipinski definition) is 4. The molecule has 0 saturated carbocycles. The molecule has 1 aromatic carbocycles. The fourth-order valence-electron chi connectivity index (χ4n) is 2.36. The van der Waals surface area contributed by atoms with Gasteiger partial charge in [0.2, 0.25) is 10.0 Å². The average molecular weight is 324 g/mol. The third-order valence-corrected chi connectivity index (χ3v) is 5.22. The molecule has 21 heavy (non-hydrogen) atoms. The number of hydrazone groups is 1. The number of benzene rings is 1. The van der Waals surface area contributed by atoms with Crippen LogP contribution in [0, 0.1) is 5.82 Å².